The number of nitrogens with zero attached hydrogens (tertiary/aromatic N) is 1. The molecule has 4 aromatic rings. The molecule has 2 aromatic heterocycles. The number of methoxy groups -OCH3 is 2. The number of aromatic amines is 1. The summed E-state index contributed by atoms with van der Waals surface area (Å²) >= 11 is 0. The van der Waals surface area contributed by atoms with Gasteiger partial charge in [0.15, 0.2) is 0 Å². The zero-order valence-electron chi connectivity index (χ0n) is 17.9. The number of para-hydroxylation sites is 1. The van der Waals surface area contributed by atoms with Gasteiger partial charge in [-0.05, 0) is 55.2 Å². The number of aryl methyl sites for hydroxylation is 1. The van der Waals surface area contributed by atoms with Gasteiger partial charge in [-0.1, -0.05) is 18.2 Å². The molecule has 0 fully saturated rings. The van der Waals surface area contributed by atoms with Gasteiger partial charge >= 0.3 is 0 Å². The summed E-state index contributed by atoms with van der Waals surface area (Å²) in [6, 6.07) is 16.1. The molecule has 6 heteroatoms. The van der Waals surface area contributed by atoms with E-state index in [-0.39, 0.29) is 11.9 Å². The maximum atomic E-state index is 13.4. The van der Waals surface area contributed by atoms with E-state index in [4.69, 9.17) is 9.47 Å². The van der Waals surface area contributed by atoms with Crippen LogP contribution in [0.5, 0.6) is 5.75 Å². The second-order valence-corrected chi connectivity index (χ2v) is 8.08. The molecule has 2 N–H and O–H groups in total. The first kappa shape index (κ1) is 19.7. The topological polar surface area (TPSA) is 68.3 Å². The summed E-state index contributed by atoms with van der Waals surface area (Å²) in [6.07, 6.45) is 2.96. The van der Waals surface area contributed by atoms with Crippen molar-refractivity contribution in [3.05, 3.63) is 65.5 Å². The molecule has 0 saturated heterocycles. The molecule has 1 atom stereocenters. The quantitative estimate of drug-likeness (QED) is 0.482. The van der Waals surface area contributed by atoms with Gasteiger partial charge in [0, 0.05) is 41.2 Å². The van der Waals surface area contributed by atoms with Gasteiger partial charge in [-0.3, -0.25) is 4.79 Å². The van der Waals surface area contributed by atoms with Crippen LogP contribution in [0.3, 0.4) is 0 Å². The highest BCUT2D eigenvalue weighted by Gasteiger charge is 2.27. The summed E-state index contributed by atoms with van der Waals surface area (Å²) in [5.74, 6) is 0.796. The van der Waals surface area contributed by atoms with Gasteiger partial charge in [0.25, 0.3) is 5.91 Å². The van der Waals surface area contributed by atoms with E-state index in [9.17, 15) is 4.79 Å². The van der Waals surface area contributed by atoms with Crippen LogP contribution in [-0.4, -0.2) is 36.3 Å². The van der Waals surface area contributed by atoms with Crippen LogP contribution in [0.15, 0.2) is 48.5 Å². The van der Waals surface area contributed by atoms with Crippen molar-refractivity contribution >= 4 is 27.7 Å². The number of carbonyl (C=O) groups excluding carboxylic acids is 1. The highest BCUT2D eigenvalue weighted by Crippen LogP contribution is 2.36. The van der Waals surface area contributed by atoms with Crippen molar-refractivity contribution in [1.29, 1.82) is 0 Å². The Morgan fingerprint density at radius 1 is 1.19 bits per heavy atom. The van der Waals surface area contributed by atoms with Crippen molar-refractivity contribution < 1.29 is 14.3 Å². The molecule has 0 saturated carbocycles. The van der Waals surface area contributed by atoms with Gasteiger partial charge in [0.05, 0.1) is 19.8 Å². The van der Waals surface area contributed by atoms with E-state index in [0.717, 1.165) is 47.1 Å². The lowest BCUT2D eigenvalue weighted by Gasteiger charge is -2.24. The minimum Gasteiger partial charge on any atom is -0.497 e. The lowest BCUT2D eigenvalue weighted by molar-refractivity contribution is 0.0920. The van der Waals surface area contributed by atoms with Gasteiger partial charge in [0.1, 0.15) is 11.4 Å². The van der Waals surface area contributed by atoms with Gasteiger partial charge < -0.3 is 24.3 Å². The molecule has 31 heavy (non-hydrogen) atoms. The Hall–Kier alpha value is -3.25. The summed E-state index contributed by atoms with van der Waals surface area (Å²) in [6.45, 7) is 1.19. The molecule has 0 unspecified atom stereocenters. The fourth-order valence-electron chi connectivity index (χ4n) is 4.77. The number of hydrogen-bond acceptors (Lipinski definition) is 3. The number of rotatable bonds is 6. The van der Waals surface area contributed by atoms with E-state index in [1.807, 2.05) is 47.0 Å². The Bertz CT molecular complexity index is 1250. The maximum Gasteiger partial charge on any atom is 0.268 e. The van der Waals surface area contributed by atoms with Crippen LogP contribution in [0.25, 0.3) is 21.8 Å². The largest absolute Gasteiger partial charge is 0.497 e. The van der Waals surface area contributed by atoms with Crippen LogP contribution < -0.4 is 10.1 Å². The molecule has 0 bridgehead atoms. The highest BCUT2D eigenvalue weighted by atomic mass is 16.5. The molecule has 0 radical (unpaired) electrons. The third kappa shape index (κ3) is 3.47. The lowest BCUT2D eigenvalue weighted by atomic mass is 9.91. The zero-order valence-corrected chi connectivity index (χ0v) is 17.9. The number of fused-ring (bicyclic) bond motifs is 4. The number of hydrogen-bond donors (Lipinski definition) is 2. The molecule has 160 valence electrons. The number of benzene rings is 2. The molecule has 2 heterocycles. The summed E-state index contributed by atoms with van der Waals surface area (Å²) in [7, 11) is 3.37. The van der Waals surface area contributed by atoms with E-state index < -0.39 is 0 Å². The Labute approximate surface area is 181 Å². The van der Waals surface area contributed by atoms with Crippen molar-refractivity contribution in [2.45, 2.75) is 31.8 Å². The summed E-state index contributed by atoms with van der Waals surface area (Å²) in [4.78, 5) is 16.9. The van der Waals surface area contributed by atoms with Crippen molar-refractivity contribution in [3.63, 3.8) is 0 Å². The number of amides is 1. The van der Waals surface area contributed by atoms with E-state index in [1.165, 1.54) is 10.9 Å². The average Bonchev–Trinajstić information content (AvgIpc) is 3.36. The summed E-state index contributed by atoms with van der Waals surface area (Å²) in [5.41, 5.74) is 5.20. The van der Waals surface area contributed by atoms with Gasteiger partial charge in [-0.15, -0.1) is 0 Å². The predicted molar refractivity (Wildman–Crippen MR) is 122 cm³/mol. The molecule has 1 amide bonds. The Kier molecular flexibility index (Phi) is 5.16. The molecule has 1 aliphatic carbocycles. The van der Waals surface area contributed by atoms with Crippen LogP contribution >= 0.6 is 0 Å². The first-order chi connectivity index (χ1) is 15.2. The molecule has 0 aliphatic heterocycles. The fourth-order valence-corrected chi connectivity index (χ4v) is 4.77. The summed E-state index contributed by atoms with van der Waals surface area (Å²) in [5, 5.41) is 5.54. The fraction of sp³-hybridized carbons (Fsp3) is 0.320. The van der Waals surface area contributed by atoms with Gasteiger partial charge in [-0.25, -0.2) is 0 Å². The number of carbonyl (C=O) groups is 1. The SMILES string of the molecule is COCCn1c(C(=O)N[C@H]2CCCc3c2[nH]c2ccc(OC)cc32)cc2ccccc21. The number of nitrogens with one attached hydrogen (secondary N) is 2. The molecular formula is C25H27N3O3. The molecule has 6 nitrogen and oxygen atoms in total. The Morgan fingerprint density at radius 3 is 2.90 bits per heavy atom. The van der Waals surface area contributed by atoms with Crippen molar-refractivity contribution in [1.82, 2.24) is 14.9 Å². The van der Waals surface area contributed by atoms with Crippen LogP contribution in [-0.2, 0) is 17.7 Å². The summed E-state index contributed by atoms with van der Waals surface area (Å²) < 4.78 is 12.7. The minimum atomic E-state index is -0.0543. The molecule has 2 aromatic carbocycles. The van der Waals surface area contributed by atoms with E-state index >= 15 is 0 Å². The van der Waals surface area contributed by atoms with Crippen LogP contribution in [0.2, 0.25) is 0 Å². The molecular weight excluding hydrogens is 390 g/mol. The third-order valence-corrected chi connectivity index (χ3v) is 6.28. The van der Waals surface area contributed by atoms with E-state index in [2.05, 4.69) is 16.4 Å². The maximum absolute atomic E-state index is 13.4. The predicted octanol–water partition coefficient (Wildman–Crippen LogP) is 4.59. The van der Waals surface area contributed by atoms with Crippen LogP contribution in [0.1, 0.15) is 40.6 Å². The average molecular weight is 418 g/mol. The van der Waals surface area contributed by atoms with Gasteiger partial charge in [-0.2, -0.15) is 0 Å². The smallest absolute Gasteiger partial charge is 0.268 e. The lowest BCUT2D eigenvalue weighted by Crippen LogP contribution is -2.32. The minimum absolute atomic E-state index is 0.0384. The van der Waals surface area contributed by atoms with Gasteiger partial charge in [0.2, 0.25) is 0 Å². The second-order valence-electron chi connectivity index (χ2n) is 8.08. The second kappa shape index (κ2) is 8.12. The number of ether oxygens (including phenoxy) is 2. The zero-order chi connectivity index (χ0) is 21.4. The standard InChI is InChI=1S/C25H27N3O3/c1-30-13-12-28-22-9-4-3-6-16(22)14-23(28)25(29)27-21-8-5-7-18-19-15-17(31-2)10-11-20(19)26-24(18)21/h3-4,6,9-11,14-15,21,26H,5,7-8,12-13H2,1-2H3,(H,27,29)/t21-/m0/s1. The first-order valence-electron chi connectivity index (χ1n) is 10.8. The van der Waals surface area contributed by atoms with Crippen molar-refractivity contribution in [2.24, 2.45) is 0 Å². The highest BCUT2D eigenvalue weighted by molar-refractivity contribution is 5.99. The van der Waals surface area contributed by atoms with E-state index in [1.54, 1.807) is 14.2 Å². The molecule has 0 spiro atoms. The first-order valence-corrected chi connectivity index (χ1v) is 10.8. The van der Waals surface area contributed by atoms with Crippen LogP contribution in [0.4, 0.5) is 0 Å². The molecule has 5 rings (SSSR count). The van der Waals surface area contributed by atoms with Crippen molar-refractivity contribution in [2.75, 3.05) is 20.8 Å². The third-order valence-electron chi connectivity index (χ3n) is 6.28. The Balaban J connectivity index is 1.48. The number of aromatic nitrogens is 2. The van der Waals surface area contributed by atoms with Crippen LogP contribution in [0, 0.1) is 0 Å². The van der Waals surface area contributed by atoms with Crippen molar-refractivity contribution in [3.8, 4) is 5.75 Å². The molecule has 1 aliphatic rings. The monoisotopic (exact) mass is 417 g/mol. The van der Waals surface area contributed by atoms with E-state index in [0.29, 0.717) is 18.8 Å². The Morgan fingerprint density at radius 2 is 2.06 bits per heavy atom. The number of H-pyrrole nitrogens is 1. The normalized spacial score (nSPS) is 15.9.